The van der Waals surface area contributed by atoms with Gasteiger partial charge >= 0.3 is 11.9 Å². The maximum absolute atomic E-state index is 11.6. The van der Waals surface area contributed by atoms with Crippen LogP contribution in [0.3, 0.4) is 0 Å². The molecule has 0 unspecified atom stereocenters. The first-order chi connectivity index (χ1) is 8.63. The molecule has 2 rings (SSSR count). The summed E-state index contributed by atoms with van der Waals surface area (Å²) in [5.41, 5.74) is 1.91. The van der Waals surface area contributed by atoms with Crippen LogP contribution < -0.4 is 0 Å². The third-order valence-corrected chi connectivity index (χ3v) is 3.08. The molecule has 0 atom stereocenters. The summed E-state index contributed by atoms with van der Waals surface area (Å²) in [6, 6.07) is 0. The van der Waals surface area contributed by atoms with E-state index in [1.165, 1.54) is 14.0 Å². The Kier molecular flexibility index (Phi) is 3.69. The molecule has 0 saturated carbocycles. The highest BCUT2D eigenvalue weighted by molar-refractivity contribution is 5.88. The van der Waals surface area contributed by atoms with Crippen LogP contribution in [-0.2, 0) is 33.7 Å². The van der Waals surface area contributed by atoms with Crippen molar-refractivity contribution in [2.75, 3.05) is 7.11 Å². The third kappa shape index (κ3) is 2.39. The van der Waals surface area contributed by atoms with Gasteiger partial charge in [-0.2, -0.15) is 0 Å². The van der Waals surface area contributed by atoms with Crippen LogP contribution in [0.1, 0.15) is 47.2 Å². The van der Waals surface area contributed by atoms with Gasteiger partial charge in [-0.1, -0.05) is 0 Å². The lowest BCUT2D eigenvalue weighted by molar-refractivity contribution is -0.142. The molecule has 0 aliphatic heterocycles. The minimum absolute atomic E-state index is 0.0780. The van der Waals surface area contributed by atoms with Crippen molar-refractivity contribution < 1.29 is 23.5 Å². The van der Waals surface area contributed by atoms with E-state index in [9.17, 15) is 9.59 Å². The Morgan fingerprint density at radius 3 is 2.50 bits per heavy atom. The van der Waals surface area contributed by atoms with Gasteiger partial charge in [-0.05, 0) is 25.7 Å². The Labute approximate surface area is 105 Å². The summed E-state index contributed by atoms with van der Waals surface area (Å²) in [6.45, 7) is 1.42. The summed E-state index contributed by atoms with van der Waals surface area (Å²) in [7, 11) is 1.33. The van der Waals surface area contributed by atoms with Gasteiger partial charge in [-0.15, -0.1) is 0 Å². The lowest BCUT2D eigenvalue weighted by Crippen LogP contribution is -2.08. The first-order valence-electron chi connectivity index (χ1n) is 5.98. The average molecular weight is 252 g/mol. The number of methoxy groups -OCH3 is 1. The number of fused-ring (bicyclic) bond motifs is 1. The second-order valence-corrected chi connectivity index (χ2v) is 4.29. The average Bonchev–Trinajstić information content (AvgIpc) is 2.74. The fraction of sp³-hybridized carbons (Fsp3) is 0.538. The maximum Gasteiger partial charge on any atom is 0.374 e. The standard InChI is InChI=1S/C13H16O5/c1-8(14)17-7-11-9-5-3-4-6-10(9)12(18-11)13(15)16-2/h3-7H2,1-2H3. The van der Waals surface area contributed by atoms with E-state index < -0.39 is 5.97 Å². The topological polar surface area (TPSA) is 65.7 Å². The molecule has 5 heteroatoms. The highest BCUT2D eigenvalue weighted by atomic mass is 16.5. The van der Waals surface area contributed by atoms with Crippen molar-refractivity contribution in [3.8, 4) is 0 Å². The molecule has 98 valence electrons. The fourth-order valence-electron chi connectivity index (χ4n) is 2.25. The highest BCUT2D eigenvalue weighted by Gasteiger charge is 2.27. The second kappa shape index (κ2) is 5.25. The van der Waals surface area contributed by atoms with Gasteiger partial charge in [0.15, 0.2) is 0 Å². The molecule has 0 fully saturated rings. The number of hydrogen-bond acceptors (Lipinski definition) is 5. The van der Waals surface area contributed by atoms with E-state index in [1.807, 2.05) is 0 Å². The van der Waals surface area contributed by atoms with E-state index >= 15 is 0 Å². The smallest absolute Gasteiger partial charge is 0.374 e. The molecule has 1 heterocycles. The number of esters is 2. The normalized spacial score (nSPS) is 13.9. The van der Waals surface area contributed by atoms with Crippen LogP contribution in [0.2, 0.25) is 0 Å². The Morgan fingerprint density at radius 2 is 1.89 bits per heavy atom. The van der Waals surface area contributed by atoms with Crippen LogP contribution in [0.5, 0.6) is 0 Å². The second-order valence-electron chi connectivity index (χ2n) is 4.29. The summed E-state index contributed by atoms with van der Waals surface area (Å²) in [4.78, 5) is 22.4. The summed E-state index contributed by atoms with van der Waals surface area (Å²) in [5, 5.41) is 0. The number of furan rings is 1. The van der Waals surface area contributed by atoms with Gasteiger partial charge in [0, 0.05) is 18.1 Å². The van der Waals surface area contributed by atoms with Crippen LogP contribution >= 0.6 is 0 Å². The van der Waals surface area contributed by atoms with Crippen molar-refractivity contribution in [3.63, 3.8) is 0 Å². The minimum atomic E-state index is -0.470. The quantitative estimate of drug-likeness (QED) is 0.770. The van der Waals surface area contributed by atoms with Gasteiger partial charge in [0.2, 0.25) is 5.76 Å². The zero-order valence-corrected chi connectivity index (χ0v) is 10.6. The SMILES string of the molecule is COC(=O)c1oc(COC(C)=O)c2c1CCCC2. The Bertz CT molecular complexity index is 472. The zero-order chi connectivity index (χ0) is 13.1. The number of rotatable bonds is 3. The van der Waals surface area contributed by atoms with E-state index in [0.29, 0.717) is 5.76 Å². The third-order valence-electron chi connectivity index (χ3n) is 3.08. The van der Waals surface area contributed by atoms with Crippen molar-refractivity contribution in [2.45, 2.75) is 39.2 Å². The number of hydrogen-bond donors (Lipinski definition) is 0. The molecule has 1 aromatic heterocycles. The molecule has 0 aromatic carbocycles. The van der Waals surface area contributed by atoms with Crippen LogP contribution in [-0.4, -0.2) is 19.0 Å². The van der Waals surface area contributed by atoms with Crippen LogP contribution in [0.25, 0.3) is 0 Å². The lowest BCUT2D eigenvalue weighted by Gasteiger charge is -2.11. The van der Waals surface area contributed by atoms with E-state index in [2.05, 4.69) is 0 Å². The maximum atomic E-state index is 11.6. The van der Waals surface area contributed by atoms with Crippen molar-refractivity contribution in [1.29, 1.82) is 0 Å². The van der Waals surface area contributed by atoms with Crippen molar-refractivity contribution in [1.82, 2.24) is 0 Å². The molecule has 1 aromatic rings. The van der Waals surface area contributed by atoms with Gasteiger partial charge in [-0.3, -0.25) is 4.79 Å². The first-order valence-corrected chi connectivity index (χ1v) is 5.98. The van der Waals surface area contributed by atoms with E-state index in [0.717, 1.165) is 36.8 Å². The summed E-state index contributed by atoms with van der Waals surface area (Å²) < 4.78 is 15.2. The van der Waals surface area contributed by atoms with Crippen molar-refractivity contribution >= 4 is 11.9 Å². The van der Waals surface area contributed by atoms with Crippen molar-refractivity contribution in [3.05, 3.63) is 22.6 Å². The molecule has 0 saturated heterocycles. The fourth-order valence-corrected chi connectivity index (χ4v) is 2.25. The molecule has 0 bridgehead atoms. The molecular formula is C13H16O5. The van der Waals surface area contributed by atoms with Gasteiger partial charge in [0.05, 0.1) is 7.11 Å². The summed E-state index contributed by atoms with van der Waals surface area (Å²) in [5.74, 6) is -0.00699. The first kappa shape index (κ1) is 12.7. The lowest BCUT2D eigenvalue weighted by atomic mass is 9.92. The van der Waals surface area contributed by atoms with Crippen LogP contribution in [0.15, 0.2) is 4.42 Å². The molecule has 0 N–H and O–H groups in total. The number of carbonyl (C=O) groups is 2. The van der Waals surface area contributed by atoms with Gasteiger partial charge in [0.25, 0.3) is 0 Å². The van der Waals surface area contributed by atoms with E-state index in [4.69, 9.17) is 13.9 Å². The molecule has 0 amide bonds. The molecular weight excluding hydrogens is 236 g/mol. The Hall–Kier alpha value is -1.78. The molecule has 0 radical (unpaired) electrons. The Morgan fingerprint density at radius 1 is 1.22 bits per heavy atom. The van der Waals surface area contributed by atoms with Gasteiger partial charge in [0.1, 0.15) is 12.4 Å². The molecule has 5 nitrogen and oxygen atoms in total. The predicted octanol–water partition coefficient (Wildman–Crippen LogP) is 2.01. The highest BCUT2D eigenvalue weighted by Crippen LogP contribution is 2.31. The van der Waals surface area contributed by atoms with Gasteiger partial charge < -0.3 is 13.9 Å². The molecule has 1 aliphatic carbocycles. The summed E-state index contributed by atoms with van der Waals surface area (Å²) >= 11 is 0. The van der Waals surface area contributed by atoms with Crippen LogP contribution in [0.4, 0.5) is 0 Å². The minimum Gasteiger partial charge on any atom is -0.463 e. The number of ether oxygens (including phenoxy) is 2. The largest absolute Gasteiger partial charge is 0.463 e. The monoisotopic (exact) mass is 252 g/mol. The number of carbonyl (C=O) groups excluding carboxylic acids is 2. The zero-order valence-electron chi connectivity index (χ0n) is 10.6. The van der Waals surface area contributed by atoms with E-state index in [1.54, 1.807) is 0 Å². The van der Waals surface area contributed by atoms with Crippen molar-refractivity contribution in [2.24, 2.45) is 0 Å². The summed E-state index contributed by atoms with van der Waals surface area (Å²) in [6.07, 6.45) is 3.75. The van der Waals surface area contributed by atoms with Crippen LogP contribution in [0, 0.1) is 0 Å². The predicted molar refractivity (Wildman–Crippen MR) is 62.2 cm³/mol. The molecule has 1 aliphatic rings. The van der Waals surface area contributed by atoms with Gasteiger partial charge in [-0.25, -0.2) is 4.79 Å². The Balaban J connectivity index is 2.32. The molecule has 0 spiro atoms. The van der Waals surface area contributed by atoms with E-state index in [-0.39, 0.29) is 18.3 Å². The molecule has 18 heavy (non-hydrogen) atoms.